The average Bonchev–Trinajstić information content (AvgIpc) is 3.02. The Balaban J connectivity index is 2.09. The molecule has 0 aromatic carbocycles. The maximum atomic E-state index is 12.2. The molecule has 1 N–H and O–H groups in total. The molecule has 0 unspecified atom stereocenters. The van der Waals surface area contributed by atoms with Crippen LogP contribution in [0.3, 0.4) is 0 Å². The van der Waals surface area contributed by atoms with Gasteiger partial charge in [-0.2, -0.15) is 4.37 Å². The molecule has 2 rings (SSSR count). The lowest BCUT2D eigenvalue weighted by atomic mass is 9.74. The normalized spacial score (nSPS) is 17.2. The van der Waals surface area contributed by atoms with Crippen molar-refractivity contribution in [3.05, 3.63) is 10.9 Å². The number of carbonyl (C=O) groups is 1. The van der Waals surface area contributed by atoms with Crippen molar-refractivity contribution in [2.45, 2.75) is 38.6 Å². The van der Waals surface area contributed by atoms with Gasteiger partial charge in [0.2, 0.25) is 11.8 Å². The van der Waals surface area contributed by atoms with Gasteiger partial charge in [0, 0.05) is 22.9 Å². The van der Waals surface area contributed by atoms with E-state index in [9.17, 15) is 9.90 Å². The standard InChI is InChI=1S/C15H23ClN2O3S/c1-21-13-7-12(22-17-13)9-18(14(20)8-16)10-15(11-19)5-3-2-4-6-15/h7,19H,2-6,8-11H2,1H3. The summed E-state index contributed by atoms with van der Waals surface area (Å²) in [7, 11) is 1.57. The number of aliphatic hydroxyl groups is 1. The van der Waals surface area contributed by atoms with Crippen LogP contribution in [0.2, 0.25) is 0 Å². The largest absolute Gasteiger partial charge is 0.480 e. The molecule has 0 bridgehead atoms. The monoisotopic (exact) mass is 346 g/mol. The van der Waals surface area contributed by atoms with E-state index in [0.29, 0.717) is 19.0 Å². The molecule has 124 valence electrons. The molecular formula is C15H23ClN2O3S. The minimum absolute atomic E-state index is 0.0442. The van der Waals surface area contributed by atoms with Crippen LogP contribution in [0.4, 0.5) is 0 Å². The minimum atomic E-state index is -0.186. The summed E-state index contributed by atoms with van der Waals surface area (Å²) in [6, 6.07) is 1.84. The second-order valence-electron chi connectivity index (χ2n) is 5.94. The van der Waals surface area contributed by atoms with Gasteiger partial charge >= 0.3 is 0 Å². The quantitative estimate of drug-likeness (QED) is 0.771. The molecule has 0 saturated heterocycles. The number of nitrogens with zero attached hydrogens (tertiary/aromatic N) is 2. The first kappa shape index (κ1) is 17.5. The number of hydrogen-bond acceptors (Lipinski definition) is 5. The lowest BCUT2D eigenvalue weighted by Gasteiger charge is -2.39. The molecule has 1 saturated carbocycles. The van der Waals surface area contributed by atoms with Crippen LogP contribution in [0.5, 0.6) is 5.88 Å². The molecule has 0 radical (unpaired) electrons. The van der Waals surface area contributed by atoms with E-state index < -0.39 is 0 Å². The van der Waals surface area contributed by atoms with Crippen molar-refractivity contribution in [3.63, 3.8) is 0 Å². The fourth-order valence-corrected chi connectivity index (χ4v) is 3.91. The molecule has 0 spiro atoms. The Bertz CT molecular complexity index is 489. The third-order valence-electron chi connectivity index (χ3n) is 4.34. The lowest BCUT2D eigenvalue weighted by molar-refractivity contribution is -0.131. The number of carbonyl (C=O) groups excluding carboxylic acids is 1. The first-order valence-corrected chi connectivity index (χ1v) is 8.87. The summed E-state index contributed by atoms with van der Waals surface area (Å²) in [5.41, 5.74) is -0.186. The highest BCUT2D eigenvalue weighted by atomic mass is 35.5. The number of amides is 1. The predicted molar refractivity (Wildman–Crippen MR) is 87.4 cm³/mol. The summed E-state index contributed by atoms with van der Waals surface area (Å²) in [5.74, 6) is 0.414. The molecule has 7 heteroatoms. The molecule has 1 heterocycles. The number of halogens is 1. The number of hydrogen-bond donors (Lipinski definition) is 1. The second-order valence-corrected chi connectivity index (χ2v) is 7.09. The Hall–Kier alpha value is -0.850. The highest BCUT2D eigenvalue weighted by Crippen LogP contribution is 2.37. The van der Waals surface area contributed by atoms with Crippen molar-refractivity contribution in [1.82, 2.24) is 9.27 Å². The predicted octanol–water partition coefficient (Wildman–Crippen LogP) is 2.66. The zero-order valence-electron chi connectivity index (χ0n) is 12.9. The zero-order chi connectivity index (χ0) is 16.0. The summed E-state index contributed by atoms with van der Waals surface area (Å²) in [4.78, 5) is 14.9. The number of aliphatic hydroxyl groups excluding tert-OH is 1. The van der Waals surface area contributed by atoms with Gasteiger partial charge < -0.3 is 14.7 Å². The molecule has 1 aliphatic rings. The SMILES string of the molecule is COc1cc(CN(CC2(CO)CCCCC2)C(=O)CCl)sn1. The maximum Gasteiger partial charge on any atom is 0.237 e. The molecule has 22 heavy (non-hydrogen) atoms. The minimum Gasteiger partial charge on any atom is -0.480 e. The molecule has 0 atom stereocenters. The third kappa shape index (κ3) is 4.33. The Morgan fingerprint density at radius 1 is 1.50 bits per heavy atom. The van der Waals surface area contributed by atoms with Crippen LogP contribution in [0, 0.1) is 5.41 Å². The van der Waals surface area contributed by atoms with Crippen molar-refractivity contribution < 1.29 is 14.6 Å². The molecule has 5 nitrogen and oxygen atoms in total. The Labute approximate surface area is 140 Å². The molecule has 1 aromatic rings. The van der Waals surface area contributed by atoms with E-state index in [-0.39, 0.29) is 23.8 Å². The summed E-state index contributed by atoms with van der Waals surface area (Å²) in [6.45, 7) is 1.13. The van der Waals surface area contributed by atoms with Crippen molar-refractivity contribution in [2.24, 2.45) is 5.41 Å². The van der Waals surface area contributed by atoms with E-state index in [1.807, 2.05) is 6.07 Å². The van der Waals surface area contributed by atoms with E-state index in [1.54, 1.807) is 12.0 Å². The van der Waals surface area contributed by atoms with Gasteiger partial charge in [-0.15, -0.1) is 11.6 Å². The Morgan fingerprint density at radius 2 is 2.23 bits per heavy atom. The number of ether oxygens (including phenoxy) is 1. The van der Waals surface area contributed by atoms with Crippen LogP contribution < -0.4 is 4.74 Å². The zero-order valence-corrected chi connectivity index (χ0v) is 14.5. The highest BCUT2D eigenvalue weighted by molar-refractivity contribution is 7.05. The van der Waals surface area contributed by atoms with Gasteiger partial charge in [0.1, 0.15) is 5.88 Å². The molecule has 1 aliphatic carbocycles. The van der Waals surface area contributed by atoms with Crippen LogP contribution in [0.1, 0.15) is 37.0 Å². The van der Waals surface area contributed by atoms with Crippen LogP contribution in [0.15, 0.2) is 6.07 Å². The van der Waals surface area contributed by atoms with Crippen LogP contribution in [-0.4, -0.2) is 46.4 Å². The summed E-state index contributed by atoms with van der Waals surface area (Å²) in [5, 5.41) is 9.85. The number of aromatic nitrogens is 1. The first-order chi connectivity index (χ1) is 10.6. The van der Waals surface area contributed by atoms with E-state index in [4.69, 9.17) is 16.3 Å². The van der Waals surface area contributed by atoms with Crippen LogP contribution in [0.25, 0.3) is 0 Å². The maximum absolute atomic E-state index is 12.2. The number of methoxy groups -OCH3 is 1. The Morgan fingerprint density at radius 3 is 2.77 bits per heavy atom. The van der Waals surface area contributed by atoms with Crippen LogP contribution >= 0.6 is 23.1 Å². The van der Waals surface area contributed by atoms with Gasteiger partial charge in [-0.1, -0.05) is 19.3 Å². The lowest BCUT2D eigenvalue weighted by Crippen LogP contribution is -2.44. The fourth-order valence-electron chi connectivity index (χ4n) is 3.04. The van der Waals surface area contributed by atoms with Crippen molar-refractivity contribution in [2.75, 3.05) is 26.1 Å². The van der Waals surface area contributed by atoms with Gasteiger partial charge in [-0.05, 0) is 24.4 Å². The van der Waals surface area contributed by atoms with E-state index in [1.165, 1.54) is 18.0 Å². The highest BCUT2D eigenvalue weighted by Gasteiger charge is 2.34. The average molecular weight is 347 g/mol. The van der Waals surface area contributed by atoms with Crippen molar-refractivity contribution in [1.29, 1.82) is 0 Å². The van der Waals surface area contributed by atoms with Crippen LogP contribution in [-0.2, 0) is 11.3 Å². The van der Waals surface area contributed by atoms with Gasteiger partial charge in [0.25, 0.3) is 0 Å². The van der Waals surface area contributed by atoms with E-state index in [0.717, 1.165) is 30.6 Å². The third-order valence-corrected chi connectivity index (χ3v) is 5.32. The summed E-state index contributed by atoms with van der Waals surface area (Å²) < 4.78 is 9.24. The van der Waals surface area contributed by atoms with Gasteiger partial charge in [0.05, 0.1) is 20.3 Å². The molecule has 1 amide bonds. The van der Waals surface area contributed by atoms with Crippen molar-refractivity contribution in [3.8, 4) is 5.88 Å². The smallest absolute Gasteiger partial charge is 0.237 e. The van der Waals surface area contributed by atoms with E-state index >= 15 is 0 Å². The van der Waals surface area contributed by atoms with E-state index in [2.05, 4.69) is 4.37 Å². The molecule has 0 aliphatic heterocycles. The topological polar surface area (TPSA) is 62.7 Å². The summed E-state index contributed by atoms with van der Waals surface area (Å²) >= 11 is 7.09. The van der Waals surface area contributed by atoms with Gasteiger partial charge in [-0.3, -0.25) is 4.79 Å². The van der Waals surface area contributed by atoms with Crippen molar-refractivity contribution >= 4 is 29.0 Å². The van der Waals surface area contributed by atoms with Gasteiger partial charge in [0.15, 0.2) is 0 Å². The van der Waals surface area contributed by atoms with Gasteiger partial charge in [-0.25, -0.2) is 0 Å². The fraction of sp³-hybridized carbons (Fsp3) is 0.733. The Kier molecular flexibility index (Phi) is 6.47. The molecule has 1 fully saturated rings. The molecular weight excluding hydrogens is 324 g/mol. The molecule has 1 aromatic heterocycles. The number of alkyl halides is 1. The second kappa shape index (κ2) is 8.13. The first-order valence-electron chi connectivity index (χ1n) is 7.57. The number of rotatable bonds is 7. The summed E-state index contributed by atoms with van der Waals surface area (Å²) in [6.07, 6.45) is 5.34.